The van der Waals surface area contributed by atoms with E-state index in [0.29, 0.717) is 37.9 Å². The number of hydrogen-bond donors (Lipinski definition) is 1. The molecule has 1 unspecified atom stereocenters. The molecule has 7 nitrogen and oxygen atoms in total. The number of likely N-dealkylation sites (tertiary alicyclic amines) is 2. The Kier molecular flexibility index (Phi) is 6.39. The maximum absolute atomic E-state index is 12.4. The lowest BCUT2D eigenvalue weighted by molar-refractivity contribution is -0.131. The van der Waals surface area contributed by atoms with Crippen LogP contribution in [0.1, 0.15) is 38.2 Å². The van der Waals surface area contributed by atoms with Gasteiger partial charge in [-0.3, -0.25) is 9.78 Å². The second-order valence-corrected chi connectivity index (χ2v) is 8.81. The van der Waals surface area contributed by atoms with E-state index in [9.17, 15) is 9.59 Å². The first kappa shape index (κ1) is 21.2. The topological polar surface area (TPSA) is 74.8 Å². The molecule has 1 N–H and O–H groups in total. The highest BCUT2D eigenvalue weighted by Gasteiger charge is 2.32. The van der Waals surface area contributed by atoms with Crippen molar-refractivity contribution in [1.29, 1.82) is 0 Å². The van der Waals surface area contributed by atoms with Crippen LogP contribution >= 0.6 is 0 Å². The molecule has 31 heavy (non-hydrogen) atoms. The van der Waals surface area contributed by atoms with E-state index in [1.807, 2.05) is 41.4 Å². The standard InChI is InChI=1S/C24H30N4O3/c1-17(2)12-23(29)27-11-9-22(16-27)31-21-7-5-20(6-8-21)26-24(30)28-14-19(15-28)18-4-3-10-25-13-18/h3-8,10,13,17,19,22H,9,11-12,14-16H2,1-2H3,(H,26,30). The van der Waals surface area contributed by atoms with Crippen molar-refractivity contribution in [2.75, 3.05) is 31.5 Å². The lowest BCUT2D eigenvalue weighted by Crippen LogP contribution is -2.50. The largest absolute Gasteiger partial charge is 0.489 e. The fourth-order valence-electron chi connectivity index (χ4n) is 4.01. The second-order valence-electron chi connectivity index (χ2n) is 8.81. The molecule has 0 saturated carbocycles. The number of nitrogens with one attached hydrogen (secondary N) is 1. The number of benzene rings is 1. The molecule has 3 heterocycles. The summed E-state index contributed by atoms with van der Waals surface area (Å²) in [5.41, 5.74) is 1.91. The zero-order valence-corrected chi connectivity index (χ0v) is 18.2. The molecule has 0 bridgehead atoms. The number of carbonyl (C=O) groups excluding carboxylic acids is 2. The van der Waals surface area contributed by atoms with E-state index in [1.54, 1.807) is 11.1 Å². The lowest BCUT2D eigenvalue weighted by Gasteiger charge is -2.39. The zero-order valence-electron chi connectivity index (χ0n) is 18.2. The van der Waals surface area contributed by atoms with E-state index in [2.05, 4.69) is 30.2 Å². The maximum atomic E-state index is 12.4. The van der Waals surface area contributed by atoms with Gasteiger partial charge in [0.1, 0.15) is 11.9 Å². The molecule has 0 radical (unpaired) electrons. The first-order chi connectivity index (χ1) is 15.0. The van der Waals surface area contributed by atoms with Gasteiger partial charge in [0.15, 0.2) is 0 Å². The smallest absolute Gasteiger partial charge is 0.321 e. The third kappa shape index (κ3) is 5.34. The van der Waals surface area contributed by atoms with Gasteiger partial charge in [0, 0.05) is 56.5 Å². The first-order valence-corrected chi connectivity index (χ1v) is 11.0. The van der Waals surface area contributed by atoms with E-state index in [1.165, 1.54) is 5.56 Å². The van der Waals surface area contributed by atoms with Crippen molar-refractivity contribution in [3.8, 4) is 5.75 Å². The number of pyridine rings is 1. The molecule has 7 heteroatoms. The maximum Gasteiger partial charge on any atom is 0.321 e. The molecule has 164 valence electrons. The van der Waals surface area contributed by atoms with Crippen LogP contribution in [-0.4, -0.2) is 59.0 Å². The Morgan fingerprint density at radius 1 is 1.13 bits per heavy atom. The SMILES string of the molecule is CC(C)CC(=O)N1CCC(Oc2ccc(NC(=O)N3CC(c4cccnc4)C3)cc2)C1. The highest BCUT2D eigenvalue weighted by atomic mass is 16.5. The zero-order chi connectivity index (χ0) is 21.8. The predicted octanol–water partition coefficient (Wildman–Crippen LogP) is 3.74. The van der Waals surface area contributed by atoms with Gasteiger partial charge >= 0.3 is 6.03 Å². The number of aromatic nitrogens is 1. The van der Waals surface area contributed by atoms with E-state index >= 15 is 0 Å². The van der Waals surface area contributed by atoms with Gasteiger partial charge < -0.3 is 19.9 Å². The van der Waals surface area contributed by atoms with Gasteiger partial charge in [0.25, 0.3) is 0 Å². The average molecular weight is 423 g/mol. The summed E-state index contributed by atoms with van der Waals surface area (Å²) in [5.74, 6) is 1.68. The van der Waals surface area contributed by atoms with Crippen LogP contribution in [0.15, 0.2) is 48.8 Å². The molecule has 0 aliphatic carbocycles. The highest BCUT2D eigenvalue weighted by Crippen LogP contribution is 2.27. The van der Waals surface area contributed by atoms with Gasteiger partial charge in [-0.2, -0.15) is 0 Å². The lowest BCUT2D eigenvalue weighted by atomic mass is 9.93. The third-order valence-corrected chi connectivity index (χ3v) is 5.81. The Hall–Kier alpha value is -3.09. The number of nitrogens with zero attached hydrogens (tertiary/aromatic N) is 3. The molecule has 2 saturated heterocycles. The Bertz CT molecular complexity index is 895. The van der Waals surface area contributed by atoms with E-state index in [-0.39, 0.29) is 18.0 Å². The third-order valence-electron chi connectivity index (χ3n) is 5.81. The predicted molar refractivity (Wildman–Crippen MR) is 119 cm³/mol. The summed E-state index contributed by atoms with van der Waals surface area (Å²) in [6, 6.07) is 11.3. The quantitative estimate of drug-likeness (QED) is 0.770. The Balaban J connectivity index is 1.22. The number of carbonyl (C=O) groups is 2. The van der Waals surface area contributed by atoms with Crippen molar-refractivity contribution < 1.29 is 14.3 Å². The van der Waals surface area contributed by atoms with Crippen LogP contribution < -0.4 is 10.1 Å². The number of rotatable bonds is 6. The highest BCUT2D eigenvalue weighted by molar-refractivity contribution is 5.90. The van der Waals surface area contributed by atoms with E-state index < -0.39 is 0 Å². The summed E-state index contributed by atoms with van der Waals surface area (Å²) in [7, 11) is 0. The molecular weight excluding hydrogens is 392 g/mol. The summed E-state index contributed by atoms with van der Waals surface area (Å²) < 4.78 is 6.04. The average Bonchev–Trinajstić information content (AvgIpc) is 3.17. The number of urea groups is 1. The number of ether oxygens (including phenoxy) is 1. The van der Waals surface area contributed by atoms with Crippen LogP contribution in [-0.2, 0) is 4.79 Å². The van der Waals surface area contributed by atoms with Crippen LogP contribution in [0.2, 0.25) is 0 Å². The number of anilines is 1. The molecule has 1 aromatic heterocycles. The summed E-state index contributed by atoms with van der Waals surface area (Å²) in [4.78, 5) is 32.5. The van der Waals surface area contributed by atoms with Gasteiger partial charge in [0.2, 0.25) is 5.91 Å². The van der Waals surface area contributed by atoms with Crippen LogP contribution in [0.3, 0.4) is 0 Å². The fourth-order valence-corrected chi connectivity index (χ4v) is 4.01. The molecule has 2 aromatic rings. The summed E-state index contributed by atoms with van der Waals surface area (Å²) in [6.45, 7) is 6.91. The molecule has 2 aliphatic rings. The van der Waals surface area contributed by atoms with Gasteiger partial charge in [-0.25, -0.2) is 4.79 Å². The summed E-state index contributed by atoms with van der Waals surface area (Å²) >= 11 is 0. The molecule has 2 aliphatic heterocycles. The van der Waals surface area contributed by atoms with Crippen molar-refractivity contribution >= 4 is 17.6 Å². The van der Waals surface area contributed by atoms with Gasteiger partial charge in [0.05, 0.1) is 6.54 Å². The minimum atomic E-state index is -0.0936. The van der Waals surface area contributed by atoms with Crippen LogP contribution in [0, 0.1) is 5.92 Å². The normalized spacial score (nSPS) is 18.7. The van der Waals surface area contributed by atoms with Crippen molar-refractivity contribution in [2.24, 2.45) is 5.92 Å². The Morgan fingerprint density at radius 2 is 1.90 bits per heavy atom. The van der Waals surface area contributed by atoms with Crippen molar-refractivity contribution in [1.82, 2.24) is 14.8 Å². The minimum absolute atomic E-state index is 0.0158. The fraction of sp³-hybridized carbons (Fsp3) is 0.458. The van der Waals surface area contributed by atoms with Crippen molar-refractivity contribution in [3.05, 3.63) is 54.4 Å². The minimum Gasteiger partial charge on any atom is -0.489 e. The second kappa shape index (κ2) is 9.37. The summed E-state index contributed by atoms with van der Waals surface area (Å²) in [5, 5.41) is 2.94. The molecule has 3 amide bonds. The number of hydrogen-bond acceptors (Lipinski definition) is 4. The Morgan fingerprint density at radius 3 is 2.58 bits per heavy atom. The van der Waals surface area contributed by atoms with Crippen LogP contribution in [0.4, 0.5) is 10.5 Å². The van der Waals surface area contributed by atoms with Gasteiger partial charge in [-0.1, -0.05) is 19.9 Å². The summed E-state index contributed by atoms with van der Waals surface area (Å²) in [6.07, 6.45) is 5.07. The van der Waals surface area contributed by atoms with Gasteiger partial charge in [-0.15, -0.1) is 0 Å². The van der Waals surface area contributed by atoms with Crippen LogP contribution in [0.25, 0.3) is 0 Å². The molecule has 0 spiro atoms. The Labute approximate surface area is 183 Å². The van der Waals surface area contributed by atoms with Gasteiger partial charge in [-0.05, 0) is 41.8 Å². The molecular formula is C24H30N4O3. The molecule has 2 fully saturated rings. The molecule has 4 rings (SSSR count). The monoisotopic (exact) mass is 422 g/mol. The van der Waals surface area contributed by atoms with Crippen molar-refractivity contribution in [3.63, 3.8) is 0 Å². The van der Waals surface area contributed by atoms with Crippen LogP contribution in [0.5, 0.6) is 5.75 Å². The molecule has 1 atom stereocenters. The van der Waals surface area contributed by atoms with E-state index in [0.717, 1.165) is 24.4 Å². The van der Waals surface area contributed by atoms with E-state index in [4.69, 9.17) is 4.74 Å². The molecule has 1 aromatic carbocycles. The number of amides is 3. The first-order valence-electron chi connectivity index (χ1n) is 11.0. The van der Waals surface area contributed by atoms with Crippen molar-refractivity contribution in [2.45, 2.75) is 38.7 Å².